The number of halogens is 1. The third kappa shape index (κ3) is 3.41. The van der Waals surface area contributed by atoms with Crippen LogP contribution in [0.2, 0.25) is 0 Å². The standard InChI is InChI=1S/C25H26FN3/c1-15-3-9-23-24(13-15)29-25(28-23)16(2)17-4-6-18(7-5-17)20-11-12-27-22-10-8-19(26)14-21(20)22/h3,8-14,16-18H,4-7H2,1-2H3,(H,28,29)/t16-,17?,18?/m0/s1. The summed E-state index contributed by atoms with van der Waals surface area (Å²) < 4.78 is 13.8. The molecular formula is C25H26FN3. The molecule has 0 saturated heterocycles. The van der Waals surface area contributed by atoms with Crippen LogP contribution in [0.25, 0.3) is 21.9 Å². The summed E-state index contributed by atoms with van der Waals surface area (Å²) in [6.45, 7) is 4.41. The molecule has 2 aromatic carbocycles. The van der Waals surface area contributed by atoms with Crippen LogP contribution in [0.1, 0.15) is 61.4 Å². The maximum atomic E-state index is 13.8. The fourth-order valence-corrected chi connectivity index (χ4v) is 5.01. The molecule has 4 heteroatoms. The molecule has 2 heterocycles. The minimum absolute atomic E-state index is 0.186. The number of rotatable bonds is 3. The Labute approximate surface area is 170 Å². The fourth-order valence-electron chi connectivity index (χ4n) is 5.01. The first-order valence-corrected chi connectivity index (χ1v) is 10.6. The number of hydrogen-bond donors (Lipinski definition) is 1. The molecule has 3 nitrogen and oxygen atoms in total. The fraction of sp³-hybridized carbons (Fsp3) is 0.360. The Morgan fingerprint density at radius 3 is 2.62 bits per heavy atom. The van der Waals surface area contributed by atoms with Crippen molar-refractivity contribution in [3.8, 4) is 0 Å². The Morgan fingerprint density at radius 2 is 1.79 bits per heavy atom. The van der Waals surface area contributed by atoms with Gasteiger partial charge in [0.2, 0.25) is 0 Å². The Hall–Kier alpha value is -2.75. The molecule has 1 fully saturated rings. The maximum absolute atomic E-state index is 13.8. The van der Waals surface area contributed by atoms with Gasteiger partial charge in [-0.1, -0.05) is 13.0 Å². The van der Waals surface area contributed by atoms with Crippen molar-refractivity contribution in [2.45, 2.75) is 51.4 Å². The second kappa shape index (κ2) is 7.25. The highest BCUT2D eigenvalue weighted by Gasteiger charge is 2.29. The van der Waals surface area contributed by atoms with Crippen molar-refractivity contribution in [2.75, 3.05) is 0 Å². The van der Waals surface area contributed by atoms with Gasteiger partial charge in [0, 0.05) is 17.5 Å². The summed E-state index contributed by atoms with van der Waals surface area (Å²) in [5, 5.41) is 0.969. The summed E-state index contributed by atoms with van der Waals surface area (Å²) in [5.41, 5.74) is 5.57. The highest BCUT2D eigenvalue weighted by atomic mass is 19.1. The normalized spacial score (nSPS) is 20.9. The van der Waals surface area contributed by atoms with Crippen molar-refractivity contribution in [2.24, 2.45) is 5.92 Å². The third-order valence-corrected chi connectivity index (χ3v) is 6.74. The second-order valence-corrected chi connectivity index (χ2v) is 8.60. The zero-order valence-electron chi connectivity index (χ0n) is 17.0. The summed E-state index contributed by atoms with van der Waals surface area (Å²) in [6, 6.07) is 13.4. The monoisotopic (exact) mass is 387 g/mol. The summed E-state index contributed by atoms with van der Waals surface area (Å²) in [5.74, 6) is 2.43. The van der Waals surface area contributed by atoms with Gasteiger partial charge in [-0.05, 0) is 92.0 Å². The van der Waals surface area contributed by atoms with E-state index < -0.39 is 0 Å². The number of imidazole rings is 1. The topological polar surface area (TPSA) is 41.6 Å². The van der Waals surface area contributed by atoms with Crippen LogP contribution in [0, 0.1) is 18.7 Å². The van der Waals surface area contributed by atoms with Gasteiger partial charge in [0.1, 0.15) is 11.6 Å². The zero-order valence-corrected chi connectivity index (χ0v) is 17.0. The number of hydrogen-bond acceptors (Lipinski definition) is 2. The summed E-state index contributed by atoms with van der Waals surface area (Å²) in [7, 11) is 0. The van der Waals surface area contributed by atoms with Crippen molar-refractivity contribution in [1.29, 1.82) is 0 Å². The number of aryl methyl sites for hydroxylation is 1. The van der Waals surface area contributed by atoms with Crippen molar-refractivity contribution in [1.82, 2.24) is 15.0 Å². The zero-order chi connectivity index (χ0) is 20.0. The molecule has 5 rings (SSSR count). The van der Waals surface area contributed by atoms with Crippen molar-refractivity contribution in [3.05, 3.63) is 71.4 Å². The molecule has 2 aromatic heterocycles. The van der Waals surface area contributed by atoms with Crippen molar-refractivity contribution >= 4 is 21.9 Å². The quantitative estimate of drug-likeness (QED) is 0.428. The van der Waals surface area contributed by atoms with E-state index in [2.05, 4.69) is 48.1 Å². The van der Waals surface area contributed by atoms with Gasteiger partial charge in [-0.3, -0.25) is 4.98 Å². The third-order valence-electron chi connectivity index (χ3n) is 6.74. The van der Waals surface area contributed by atoms with E-state index in [1.54, 1.807) is 12.1 Å². The van der Waals surface area contributed by atoms with Crippen LogP contribution in [0.4, 0.5) is 4.39 Å². The van der Waals surface area contributed by atoms with E-state index in [4.69, 9.17) is 4.98 Å². The lowest BCUT2D eigenvalue weighted by atomic mass is 9.73. The van der Waals surface area contributed by atoms with Gasteiger partial charge in [-0.2, -0.15) is 0 Å². The molecule has 0 amide bonds. The molecule has 0 radical (unpaired) electrons. The van der Waals surface area contributed by atoms with Crippen LogP contribution >= 0.6 is 0 Å². The molecule has 0 unspecified atom stereocenters. The van der Waals surface area contributed by atoms with Crippen LogP contribution in [0.15, 0.2) is 48.7 Å². The minimum Gasteiger partial charge on any atom is -0.342 e. The van der Waals surface area contributed by atoms with Crippen molar-refractivity contribution < 1.29 is 4.39 Å². The van der Waals surface area contributed by atoms with Crippen LogP contribution in [-0.4, -0.2) is 15.0 Å². The Morgan fingerprint density at radius 1 is 1.00 bits per heavy atom. The number of pyridine rings is 1. The maximum Gasteiger partial charge on any atom is 0.123 e. The average Bonchev–Trinajstić information content (AvgIpc) is 3.16. The lowest BCUT2D eigenvalue weighted by Gasteiger charge is -2.32. The number of fused-ring (bicyclic) bond motifs is 2. The molecule has 1 aliphatic carbocycles. The average molecular weight is 388 g/mol. The van der Waals surface area contributed by atoms with Crippen LogP contribution < -0.4 is 0 Å². The van der Waals surface area contributed by atoms with E-state index in [-0.39, 0.29) is 5.82 Å². The first-order valence-electron chi connectivity index (χ1n) is 10.6. The SMILES string of the molecule is Cc1ccc2nc([C@@H](C)C3CCC(c4ccnc5ccc(F)cc45)CC3)[nH]c2c1. The summed E-state index contributed by atoms with van der Waals surface area (Å²) >= 11 is 0. The molecule has 148 valence electrons. The van der Waals surface area contributed by atoms with E-state index >= 15 is 0 Å². The number of aromatic nitrogens is 3. The van der Waals surface area contributed by atoms with Gasteiger partial charge in [-0.25, -0.2) is 9.37 Å². The minimum atomic E-state index is -0.186. The van der Waals surface area contributed by atoms with E-state index in [1.807, 2.05) is 6.20 Å². The summed E-state index contributed by atoms with van der Waals surface area (Å²) in [6.07, 6.45) is 6.46. The van der Waals surface area contributed by atoms with Crippen LogP contribution in [0.3, 0.4) is 0 Å². The molecule has 4 aromatic rings. The number of nitrogens with zero attached hydrogens (tertiary/aromatic N) is 2. The molecule has 1 N–H and O–H groups in total. The van der Waals surface area contributed by atoms with Crippen LogP contribution in [0.5, 0.6) is 0 Å². The highest BCUT2D eigenvalue weighted by Crippen LogP contribution is 2.42. The molecule has 0 aliphatic heterocycles. The van der Waals surface area contributed by atoms with E-state index in [0.29, 0.717) is 17.8 Å². The van der Waals surface area contributed by atoms with Gasteiger partial charge < -0.3 is 4.98 Å². The van der Waals surface area contributed by atoms with E-state index in [0.717, 1.165) is 40.6 Å². The Kier molecular flexibility index (Phi) is 4.57. The smallest absolute Gasteiger partial charge is 0.123 e. The second-order valence-electron chi connectivity index (χ2n) is 8.60. The molecule has 0 spiro atoms. The molecule has 1 atom stereocenters. The lowest BCUT2D eigenvalue weighted by molar-refractivity contribution is 0.286. The van der Waals surface area contributed by atoms with E-state index in [1.165, 1.54) is 30.0 Å². The Balaban J connectivity index is 1.34. The highest BCUT2D eigenvalue weighted by molar-refractivity contribution is 5.82. The number of nitrogens with one attached hydrogen (secondary N) is 1. The van der Waals surface area contributed by atoms with Gasteiger partial charge in [0.25, 0.3) is 0 Å². The molecule has 1 saturated carbocycles. The van der Waals surface area contributed by atoms with Gasteiger partial charge in [0.05, 0.1) is 16.6 Å². The molecule has 0 bridgehead atoms. The summed E-state index contributed by atoms with van der Waals surface area (Å²) in [4.78, 5) is 12.8. The van der Waals surface area contributed by atoms with Crippen LogP contribution in [-0.2, 0) is 0 Å². The van der Waals surface area contributed by atoms with Gasteiger partial charge in [-0.15, -0.1) is 0 Å². The first kappa shape index (κ1) is 18.3. The molecule has 1 aliphatic rings. The number of aromatic amines is 1. The predicted molar refractivity (Wildman–Crippen MR) is 116 cm³/mol. The predicted octanol–water partition coefficient (Wildman–Crippen LogP) is 6.64. The largest absolute Gasteiger partial charge is 0.342 e. The first-order chi connectivity index (χ1) is 14.1. The van der Waals surface area contributed by atoms with Gasteiger partial charge in [0.15, 0.2) is 0 Å². The van der Waals surface area contributed by atoms with E-state index in [9.17, 15) is 4.39 Å². The number of H-pyrrole nitrogens is 1. The Bertz CT molecular complexity index is 1170. The molecule has 29 heavy (non-hydrogen) atoms. The lowest BCUT2D eigenvalue weighted by Crippen LogP contribution is -2.19. The van der Waals surface area contributed by atoms with Crippen molar-refractivity contribution in [3.63, 3.8) is 0 Å². The number of benzene rings is 2. The molecular weight excluding hydrogens is 361 g/mol. The van der Waals surface area contributed by atoms with Gasteiger partial charge >= 0.3 is 0 Å².